The Balaban J connectivity index is 2.92. The standard InChI is InChI=1S/C13H23N5O3/c1-7(2)6-9(10(19)20-5)15-12-16-11(14)17-13(18-12)21-8(3)4/h7-9H,6H2,1-5H3,(H3,14,15,16,17,18). The number of rotatable bonds is 7. The van der Waals surface area contributed by atoms with Gasteiger partial charge in [0.15, 0.2) is 0 Å². The van der Waals surface area contributed by atoms with Crippen LogP contribution in [0.15, 0.2) is 0 Å². The molecule has 0 aromatic carbocycles. The molecule has 0 saturated heterocycles. The van der Waals surface area contributed by atoms with Crippen LogP contribution in [0.1, 0.15) is 34.1 Å². The third-order valence-electron chi connectivity index (χ3n) is 2.47. The zero-order chi connectivity index (χ0) is 16.0. The molecule has 0 aliphatic rings. The molecule has 1 rings (SSSR count). The first-order valence-electron chi connectivity index (χ1n) is 6.84. The number of hydrogen-bond donors (Lipinski definition) is 2. The number of esters is 1. The van der Waals surface area contributed by atoms with Crippen molar-refractivity contribution in [3.8, 4) is 6.01 Å². The van der Waals surface area contributed by atoms with Gasteiger partial charge in [-0.05, 0) is 26.2 Å². The summed E-state index contributed by atoms with van der Waals surface area (Å²) in [5, 5.41) is 2.92. The van der Waals surface area contributed by atoms with E-state index in [1.54, 1.807) is 0 Å². The highest BCUT2D eigenvalue weighted by atomic mass is 16.5. The Labute approximate surface area is 124 Å². The molecule has 118 valence electrons. The molecule has 0 saturated carbocycles. The van der Waals surface area contributed by atoms with Crippen molar-refractivity contribution in [2.75, 3.05) is 18.2 Å². The van der Waals surface area contributed by atoms with Gasteiger partial charge in [-0.25, -0.2) is 4.79 Å². The Hall–Kier alpha value is -2.12. The topological polar surface area (TPSA) is 112 Å². The smallest absolute Gasteiger partial charge is 0.328 e. The van der Waals surface area contributed by atoms with Crippen molar-refractivity contribution < 1.29 is 14.3 Å². The van der Waals surface area contributed by atoms with E-state index in [4.69, 9.17) is 15.2 Å². The molecule has 0 spiro atoms. The molecule has 0 fully saturated rings. The van der Waals surface area contributed by atoms with Gasteiger partial charge in [0.05, 0.1) is 13.2 Å². The lowest BCUT2D eigenvalue weighted by molar-refractivity contribution is -0.141. The molecular formula is C13H23N5O3. The second-order valence-corrected chi connectivity index (χ2v) is 5.32. The third kappa shape index (κ3) is 5.80. The van der Waals surface area contributed by atoms with Crippen LogP contribution in [0.3, 0.4) is 0 Å². The first-order chi connectivity index (χ1) is 9.81. The van der Waals surface area contributed by atoms with Crippen LogP contribution in [0.4, 0.5) is 11.9 Å². The van der Waals surface area contributed by atoms with Crippen molar-refractivity contribution in [3.63, 3.8) is 0 Å². The Kier molecular flexibility index (Phi) is 6.13. The number of nitrogen functional groups attached to an aromatic ring is 1. The molecule has 0 bridgehead atoms. The fraction of sp³-hybridized carbons (Fsp3) is 0.692. The second-order valence-electron chi connectivity index (χ2n) is 5.32. The van der Waals surface area contributed by atoms with Crippen LogP contribution in [-0.4, -0.2) is 40.2 Å². The summed E-state index contributed by atoms with van der Waals surface area (Å²) in [6.07, 6.45) is 0.491. The van der Waals surface area contributed by atoms with Crippen LogP contribution < -0.4 is 15.8 Å². The largest absolute Gasteiger partial charge is 0.467 e. The van der Waals surface area contributed by atoms with Crippen LogP contribution in [0.25, 0.3) is 0 Å². The van der Waals surface area contributed by atoms with E-state index in [1.165, 1.54) is 7.11 Å². The number of aromatic nitrogens is 3. The number of carbonyl (C=O) groups excluding carboxylic acids is 1. The minimum absolute atomic E-state index is 0.0244. The van der Waals surface area contributed by atoms with Gasteiger partial charge in [0.2, 0.25) is 11.9 Å². The van der Waals surface area contributed by atoms with E-state index in [2.05, 4.69) is 20.3 Å². The number of methoxy groups -OCH3 is 1. The number of anilines is 2. The third-order valence-corrected chi connectivity index (χ3v) is 2.47. The highest BCUT2D eigenvalue weighted by Crippen LogP contribution is 2.14. The van der Waals surface area contributed by atoms with Gasteiger partial charge in [0.1, 0.15) is 6.04 Å². The second kappa shape index (κ2) is 7.61. The van der Waals surface area contributed by atoms with Gasteiger partial charge in [-0.2, -0.15) is 15.0 Å². The number of nitrogens with one attached hydrogen (secondary N) is 1. The van der Waals surface area contributed by atoms with Crippen molar-refractivity contribution in [1.82, 2.24) is 15.0 Å². The number of nitrogens with zero attached hydrogens (tertiary/aromatic N) is 3. The van der Waals surface area contributed by atoms with Gasteiger partial charge in [0, 0.05) is 0 Å². The molecule has 1 unspecified atom stereocenters. The highest BCUT2D eigenvalue weighted by molar-refractivity contribution is 5.78. The quantitative estimate of drug-likeness (QED) is 0.723. The van der Waals surface area contributed by atoms with E-state index in [0.29, 0.717) is 12.3 Å². The lowest BCUT2D eigenvalue weighted by Gasteiger charge is -2.18. The molecule has 0 aliphatic carbocycles. The fourth-order valence-electron chi connectivity index (χ4n) is 1.68. The summed E-state index contributed by atoms with van der Waals surface area (Å²) in [7, 11) is 1.34. The van der Waals surface area contributed by atoms with Crippen LogP contribution in [0.2, 0.25) is 0 Å². The van der Waals surface area contributed by atoms with Gasteiger partial charge in [0.25, 0.3) is 0 Å². The Morgan fingerprint density at radius 3 is 2.43 bits per heavy atom. The van der Waals surface area contributed by atoms with E-state index in [-0.39, 0.29) is 30.0 Å². The van der Waals surface area contributed by atoms with Gasteiger partial charge in [-0.3, -0.25) is 0 Å². The molecule has 0 radical (unpaired) electrons. The molecule has 3 N–H and O–H groups in total. The molecule has 0 aliphatic heterocycles. The van der Waals surface area contributed by atoms with Gasteiger partial charge >= 0.3 is 12.0 Å². The molecule has 0 amide bonds. The van der Waals surface area contributed by atoms with Crippen molar-refractivity contribution >= 4 is 17.9 Å². The zero-order valence-corrected chi connectivity index (χ0v) is 13.1. The van der Waals surface area contributed by atoms with Crippen LogP contribution >= 0.6 is 0 Å². The van der Waals surface area contributed by atoms with Crippen molar-refractivity contribution in [1.29, 1.82) is 0 Å². The zero-order valence-electron chi connectivity index (χ0n) is 13.1. The predicted molar refractivity (Wildman–Crippen MR) is 78.9 cm³/mol. The van der Waals surface area contributed by atoms with E-state index in [1.807, 2.05) is 27.7 Å². The lowest BCUT2D eigenvalue weighted by atomic mass is 10.0. The number of carbonyl (C=O) groups is 1. The van der Waals surface area contributed by atoms with Gasteiger partial charge in [-0.1, -0.05) is 13.8 Å². The van der Waals surface area contributed by atoms with Crippen LogP contribution in [0, 0.1) is 5.92 Å². The molecule has 1 aromatic rings. The first-order valence-corrected chi connectivity index (χ1v) is 6.84. The summed E-state index contributed by atoms with van der Waals surface area (Å²) in [6.45, 7) is 7.71. The Morgan fingerprint density at radius 1 is 1.24 bits per heavy atom. The summed E-state index contributed by atoms with van der Waals surface area (Å²) >= 11 is 0. The summed E-state index contributed by atoms with van der Waals surface area (Å²) < 4.78 is 10.2. The normalized spacial score (nSPS) is 12.3. The van der Waals surface area contributed by atoms with E-state index >= 15 is 0 Å². The molecule has 1 atom stereocenters. The molecule has 1 aromatic heterocycles. The minimum atomic E-state index is -0.552. The van der Waals surface area contributed by atoms with Crippen LogP contribution in [-0.2, 0) is 9.53 Å². The SMILES string of the molecule is COC(=O)C(CC(C)C)Nc1nc(N)nc(OC(C)C)n1. The maximum Gasteiger partial charge on any atom is 0.328 e. The first kappa shape index (κ1) is 16.9. The highest BCUT2D eigenvalue weighted by Gasteiger charge is 2.22. The van der Waals surface area contributed by atoms with Crippen molar-refractivity contribution in [2.45, 2.75) is 46.3 Å². The van der Waals surface area contributed by atoms with Gasteiger partial charge in [-0.15, -0.1) is 0 Å². The van der Waals surface area contributed by atoms with Crippen LogP contribution in [0.5, 0.6) is 6.01 Å². The van der Waals surface area contributed by atoms with Crippen molar-refractivity contribution in [3.05, 3.63) is 0 Å². The molecular weight excluding hydrogens is 274 g/mol. The Bertz CT molecular complexity index is 479. The number of hydrogen-bond acceptors (Lipinski definition) is 8. The van der Waals surface area contributed by atoms with E-state index in [0.717, 1.165) is 0 Å². The molecule has 8 nitrogen and oxygen atoms in total. The Morgan fingerprint density at radius 2 is 1.90 bits per heavy atom. The average molecular weight is 297 g/mol. The number of nitrogens with two attached hydrogens (primary N) is 1. The monoisotopic (exact) mass is 297 g/mol. The summed E-state index contributed by atoms with van der Waals surface area (Å²) in [5.41, 5.74) is 5.62. The lowest BCUT2D eigenvalue weighted by Crippen LogP contribution is -2.33. The predicted octanol–water partition coefficient (Wildman–Crippen LogP) is 1.24. The van der Waals surface area contributed by atoms with Gasteiger partial charge < -0.3 is 20.5 Å². The summed E-state index contributed by atoms with van der Waals surface area (Å²) in [4.78, 5) is 23.7. The average Bonchev–Trinajstić information content (AvgIpc) is 2.34. The number of ether oxygens (including phenoxy) is 2. The summed E-state index contributed by atoms with van der Waals surface area (Å²) in [6, 6.07) is -0.433. The summed E-state index contributed by atoms with van der Waals surface area (Å²) in [5.74, 6) is 0.131. The molecule has 1 heterocycles. The van der Waals surface area contributed by atoms with Crippen molar-refractivity contribution in [2.24, 2.45) is 5.92 Å². The fourth-order valence-corrected chi connectivity index (χ4v) is 1.68. The molecule has 21 heavy (non-hydrogen) atoms. The van der Waals surface area contributed by atoms with E-state index in [9.17, 15) is 4.79 Å². The maximum atomic E-state index is 11.8. The molecule has 8 heteroatoms. The van der Waals surface area contributed by atoms with E-state index < -0.39 is 6.04 Å². The maximum absolute atomic E-state index is 11.8. The minimum Gasteiger partial charge on any atom is -0.467 e.